The van der Waals surface area contributed by atoms with E-state index in [0.29, 0.717) is 28.8 Å². The van der Waals surface area contributed by atoms with Crippen LogP contribution in [-0.4, -0.2) is 51.9 Å². The van der Waals surface area contributed by atoms with E-state index in [2.05, 4.69) is 27.9 Å². The molecule has 2 aromatic carbocycles. The number of hydrogen-bond acceptors (Lipinski definition) is 7. The van der Waals surface area contributed by atoms with Crippen LogP contribution in [0.1, 0.15) is 18.2 Å². The van der Waals surface area contributed by atoms with Gasteiger partial charge in [-0.2, -0.15) is 16.9 Å². The van der Waals surface area contributed by atoms with E-state index in [9.17, 15) is 9.59 Å². The molecule has 5 rings (SSSR count). The number of hydrogen-bond donors (Lipinski definition) is 3. The van der Waals surface area contributed by atoms with Gasteiger partial charge in [0.25, 0.3) is 5.91 Å². The lowest BCUT2D eigenvalue weighted by molar-refractivity contribution is -0.119. The maximum atomic E-state index is 13.0. The molecule has 1 aliphatic heterocycles. The van der Waals surface area contributed by atoms with Gasteiger partial charge in [-0.3, -0.25) is 10.1 Å². The van der Waals surface area contributed by atoms with Gasteiger partial charge in [0.1, 0.15) is 29.7 Å². The highest BCUT2D eigenvalue weighted by atomic mass is 32.2. The normalized spacial score (nSPS) is 13.7. The number of rotatable bonds is 9. The van der Waals surface area contributed by atoms with Crippen LogP contribution in [0.2, 0.25) is 0 Å². The molecule has 3 amide bonds. The Balaban J connectivity index is 1.24. The van der Waals surface area contributed by atoms with E-state index in [1.165, 1.54) is 13.3 Å². The summed E-state index contributed by atoms with van der Waals surface area (Å²) in [6, 6.07) is 19.9. The van der Waals surface area contributed by atoms with Crippen molar-refractivity contribution in [1.29, 1.82) is 0 Å². The van der Waals surface area contributed by atoms with Crippen molar-refractivity contribution in [2.24, 2.45) is 0 Å². The molecule has 0 aliphatic carbocycles. The summed E-state index contributed by atoms with van der Waals surface area (Å²) in [6.45, 7) is 4.16. The minimum absolute atomic E-state index is 0.00551. The minimum Gasteiger partial charge on any atom is -0.457 e. The lowest BCUT2D eigenvalue weighted by Crippen LogP contribution is -2.37. The second-order valence-electron chi connectivity index (χ2n) is 9.78. The number of nitrogens with one attached hydrogen (secondary N) is 3. The van der Waals surface area contributed by atoms with Crippen LogP contribution in [0.15, 0.2) is 72.9 Å². The monoisotopic (exact) mass is 558 g/mol. The first-order valence-electron chi connectivity index (χ1n) is 12.7. The molecule has 0 bridgehead atoms. The van der Waals surface area contributed by atoms with E-state index in [1.807, 2.05) is 49.0 Å². The SMILES string of the molecule is COCC(=O)Nc1cc(Oc2ccc(NC(=O)Nc3cc(C4(C)CSC4)nn3-c3ccc(C)cc3)cc2)ccn1. The van der Waals surface area contributed by atoms with Crippen LogP contribution in [0.25, 0.3) is 5.69 Å². The molecule has 1 fully saturated rings. The zero-order chi connectivity index (χ0) is 28.1. The first-order chi connectivity index (χ1) is 19.3. The fraction of sp³-hybridized carbons (Fsp3) is 0.241. The van der Waals surface area contributed by atoms with Gasteiger partial charge in [-0.25, -0.2) is 14.5 Å². The molecule has 3 heterocycles. The maximum Gasteiger partial charge on any atom is 0.324 e. The predicted molar refractivity (Wildman–Crippen MR) is 157 cm³/mol. The van der Waals surface area contributed by atoms with E-state index in [4.69, 9.17) is 14.6 Å². The molecule has 0 atom stereocenters. The lowest BCUT2D eigenvalue weighted by Gasteiger charge is -2.35. The third-order valence-electron chi connectivity index (χ3n) is 6.31. The largest absolute Gasteiger partial charge is 0.457 e. The van der Waals surface area contributed by atoms with Gasteiger partial charge in [0.05, 0.1) is 11.4 Å². The van der Waals surface area contributed by atoms with Crippen molar-refractivity contribution in [2.45, 2.75) is 19.3 Å². The van der Waals surface area contributed by atoms with Crippen molar-refractivity contribution in [3.8, 4) is 17.2 Å². The van der Waals surface area contributed by atoms with E-state index in [1.54, 1.807) is 41.1 Å². The molecule has 10 nitrogen and oxygen atoms in total. The smallest absolute Gasteiger partial charge is 0.324 e. The van der Waals surface area contributed by atoms with E-state index >= 15 is 0 Å². The Labute approximate surface area is 236 Å². The molecule has 0 unspecified atom stereocenters. The molecular weight excluding hydrogens is 528 g/mol. The number of ether oxygens (including phenoxy) is 2. The second-order valence-corrected chi connectivity index (χ2v) is 10.8. The van der Waals surface area contributed by atoms with Gasteiger partial charge >= 0.3 is 6.03 Å². The van der Waals surface area contributed by atoms with Gasteiger partial charge in [-0.1, -0.05) is 24.6 Å². The number of pyridine rings is 1. The highest BCUT2D eigenvalue weighted by Gasteiger charge is 2.37. The zero-order valence-corrected chi connectivity index (χ0v) is 23.2. The number of amides is 3. The number of nitrogens with zero attached hydrogens (tertiary/aromatic N) is 3. The van der Waals surface area contributed by atoms with Gasteiger partial charge in [0, 0.05) is 48.0 Å². The van der Waals surface area contributed by atoms with Crippen LogP contribution in [0.3, 0.4) is 0 Å². The summed E-state index contributed by atoms with van der Waals surface area (Å²) in [5.41, 5.74) is 3.57. The maximum absolute atomic E-state index is 13.0. The van der Waals surface area contributed by atoms with Gasteiger partial charge in [0.15, 0.2) is 0 Å². The van der Waals surface area contributed by atoms with Gasteiger partial charge in [-0.05, 0) is 49.4 Å². The standard InChI is InChI=1S/C29H30N6O4S/c1-19-4-8-21(9-5-19)35-26(15-24(34-35)29(2)17-40-18-29)33-28(37)31-20-6-10-22(11-7-20)39-23-12-13-30-25(14-23)32-27(36)16-38-3/h4-15H,16-18H2,1-3H3,(H,30,32,36)(H2,31,33,37). The van der Waals surface area contributed by atoms with Crippen LogP contribution in [0.4, 0.5) is 22.1 Å². The molecule has 2 aromatic heterocycles. The van der Waals surface area contributed by atoms with Crippen molar-refractivity contribution in [3.05, 3.63) is 84.2 Å². The fourth-order valence-corrected chi connectivity index (χ4v) is 5.19. The Kier molecular flexibility index (Phi) is 8.04. The fourth-order valence-electron chi connectivity index (χ4n) is 4.08. The average molecular weight is 559 g/mol. The molecule has 206 valence electrons. The highest BCUT2D eigenvalue weighted by molar-refractivity contribution is 8.00. The molecule has 0 saturated carbocycles. The van der Waals surface area contributed by atoms with Crippen molar-refractivity contribution in [3.63, 3.8) is 0 Å². The quantitative estimate of drug-likeness (QED) is 0.245. The van der Waals surface area contributed by atoms with Crippen molar-refractivity contribution < 1.29 is 19.1 Å². The number of aryl methyl sites for hydroxylation is 1. The zero-order valence-electron chi connectivity index (χ0n) is 22.4. The Hall–Kier alpha value is -4.35. The number of benzene rings is 2. The first kappa shape index (κ1) is 27.2. The molecule has 0 radical (unpaired) electrons. The van der Waals surface area contributed by atoms with Crippen LogP contribution in [0.5, 0.6) is 11.5 Å². The van der Waals surface area contributed by atoms with Gasteiger partial charge in [0.2, 0.25) is 0 Å². The third-order valence-corrected chi connectivity index (χ3v) is 7.99. The Bertz CT molecular complexity index is 1500. The molecule has 1 saturated heterocycles. The number of thioether (sulfide) groups is 1. The Morgan fingerprint density at radius 2 is 1.73 bits per heavy atom. The molecule has 3 N–H and O–H groups in total. The Morgan fingerprint density at radius 1 is 0.975 bits per heavy atom. The Morgan fingerprint density at radius 3 is 2.40 bits per heavy atom. The summed E-state index contributed by atoms with van der Waals surface area (Å²) in [5.74, 6) is 3.70. The van der Waals surface area contributed by atoms with Gasteiger partial charge < -0.3 is 20.1 Å². The molecular formula is C29H30N6O4S. The summed E-state index contributed by atoms with van der Waals surface area (Å²) in [7, 11) is 1.45. The first-order valence-corrected chi connectivity index (χ1v) is 13.8. The van der Waals surface area contributed by atoms with Crippen LogP contribution in [0, 0.1) is 6.92 Å². The third kappa shape index (κ3) is 6.44. The summed E-state index contributed by atoms with van der Waals surface area (Å²) < 4.78 is 12.5. The summed E-state index contributed by atoms with van der Waals surface area (Å²) in [5, 5.41) is 13.3. The van der Waals surface area contributed by atoms with Gasteiger partial charge in [-0.15, -0.1) is 0 Å². The average Bonchev–Trinajstić information content (AvgIpc) is 3.33. The van der Waals surface area contributed by atoms with Crippen LogP contribution < -0.4 is 20.7 Å². The summed E-state index contributed by atoms with van der Waals surface area (Å²) >= 11 is 1.89. The number of anilines is 3. The van der Waals surface area contributed by atoms with E-state index in [-0.39, 0.29) is 24.0 Å². The molecule has 0 spiro atoms. The van der Waals surface area contributed by atoms with Crippen molar-refractivity contribution in [2.75, 3.05) is 41.2 Å². The van der Waals surface area contributed by atoms with E-state index < -0.39 is 0 Å². The number of urea groups is 1. The molecule has 1 aliphatic rings. The van der Waals surface area contributed by atoms with Crippen molar-refractivity contribution >= 4 is 41.0 Å². The summed E-state index contributed by atoms with van der Waals surface area (Å²) in [4.78, 5) is 28.8. The number of aromatic nitrogens is 3. The number of carbonyl (C=O) groups excluding carboxylic acids is 2. The minimum atomic E-state index is -0.382. The topological polar surface area (TPSA) is 119 Å². The van der Waals surface area contributed by atoms with Crippen molar-refractivity contribution in [1.82, 2.24) is 14.8 Å². The van der Waals surface area contributed by atoms with E-state index in [0.717, 1.165) is 28.5 Å². The predicted octanol–water partition coefficient (Wildman–Crippen LogP) is 5.60. The van der Waals surface area contributed by atoms with Crippen LogP contribution >= 0.6 is 11.8 Å². The lowest BCUT2D eigenvalue weighted by atomic mass is 9.91. The summed E-state index contributed by atoms with van der Waals surface area (Å²) in [6.07, 6.45) is 1.54. The number of methoxy groups -OCH3 is 1. The second kappa shape index (κ2) is 11.8. The number of carbonyl (C=O) groups is 2. The highest BCUT2D eigenvalue weighted by Crippen LogP contribution is 2.41. The molecule has 4 aromatic rings. The molecule has 40 heavy (non-hydrogen) atoms. The van der Waals surface area contributed by atoms with Crippen LogP contribution in [-0.2, 0) is 14.9 Å². The molecule has 11 heteroatoms.